The minimum atomic E-state index is -0.413. The van der Waals surface area contributed by atoms with Gasteiger partial charge in [0, 0.05) is 15.1 Å². The molecule has 0 saturated heterocycles. The van der Waals surface area contributed by atoms with Crippen molar-refractivity contribution in [1.82, 2.24) is 5.43 Å². The predicted molar refractivity (Wildman–Crippen MR) is 79.5 cm³/mol. The maximum absolute atomic E-state index is 14.0. The summed E-state index contributed by atoms with van der Waals surface area (Å²) in [7, 11) is 0. The second kappa shape index (κ2) is 6.01. The highest BCUT2D eigenvalue weighted by Crippen LogP contribution is 2.28. The molecule has 0 radical (unpaired) electrons. The van der Waals surface area contributed by atoms with Crippen molar-refractivity contribution in [2.45, 2.75) is 13.0 Å². The third kappa shape index (κ3) is 3.15. The largest absolute Gasteiger partial charge is 0.271 e. The van der Waals surface area contributed by atoms with Gasteiger partial charge in [-0.1, -0.05) is 45.7 Å². The van der Waals surface area contributed by atoms with Crippen LogP contribution < -0.4 is 11.3 Å². The number of benzene rings is 2. The second-order valence-corrected chi connectivity index (χ2v) is 5.56. The molecule has 2 aromatic carbocycles. The Morgan fingerprint density at radius 3 is 2.58 bits per heavy atom. The Morgan fingerprint density at radius 1 is 1.26 bits per heavy atom. The minimum Gasteiger partial charge on any atom is -0.271 e. The van der Waals surface area contributed by atoms with Crippen LogP contribution in [0.15, 0.2) is 40.9 Å². The summed E-state index contributed by atoms with van der Waals surface area (Å²) >= 11 is 9.20. The maximum Gasteiger partial charge on any atom is 0.129 e. The van der Waals surface area contributed by atoms with E-state index in [4.69, 9.17) is 17.4 Å². The highest BCUT2D eigenvalue weighted by molar-refractivity contribution is 9.10. The molecule has 1 atom stereocenters. The van der Waals surface area contributed by atoms with Gasteiger partial charge in [-0.05, 0) is 36.2 Å². The van der Waals surface area contributed by atoms with Gasteiger partial charge in [-0.3, -0.25) is 5.84 Å². The van der Waals surface area contributed by atoms with E-state index in [-0.39, 0.29) is 5.82 Å². The summed E-state index contributed by atoms with van der Waals surface area (Å²) < 4.78 is 15.0. The molecular formula is C14H13BrClFN2. The highest BCUT2D eigenvalue weighted by Gasteiger charge is 2.17. The number of halogens is 3. The van der Waals surface area contributed by atoms with Crippen LogP contribution in [0.2, 0.25) is 5.02 Å². The van der Waals surface area contributed by atoms with Gasteiger partial charge >= 0.3 is 0 Å². The lowest BCUT2D eigenvalue weighted by Gasteiger charge is -2.18. The van der Waals surface area contributed by atoms with E-state index in [9.17, 15) is 4.39 Å². The van der Waals surface area contributed by atoms with Crippen molar-refractivity contribution in [1.29, 1.82) is 0 Å². The van der Waals surface area contributed by atoms with E-state index in [0.29, 0.717) is 10.6 Å². The molecule has 19 heavy (non-hydrogen) atoms. The number of hydrogen-bond acceptors (Lipinski definition) is 2. The number of nitrogens with two attached hydrogens (primary N) is 1. The Morgan fingerprint density at radius 2 is 2.00 bits per heavy atom. The first-order valence-electron chi connectivity index (χ1n) is 5.70. The first kappa shape index (κ1) is 14.5. The normalized spacial score (nSPS) is 12.5. The summed E-state index contributed by atoms with van der Waals surface area (Å²) in [5.74, 6) is 5.19. The molecule has 0 aromatic heterocycles. The lowest BCUT2D eigenvalue weighted by Crippen LogP contribution is -2.29. The molecule has 0 fully saturated rings. The van der Waals surface area contributed by atoms with Crippen molar-refractivity contribution in [3.63, 3.8) is 0 Å². The van der Waals surface area contributed by atoms with Crippen LogP contribution in [0.4, 0.5) is 4.39 Å². The Bertz CT molecular complexity index is 604. The SMILES string of the molecule is Cc1cc(C(NN)c2ccc(Cl)cc2F)ccc1Br. The summed E-state index contributed by atoms with van der Waals surface area (Å²) in [4.78, 5) is 0. The Hall–Kier alpha value is -0.940. The van der Waals surface area contributed by atoms with Gasteiger partial charge in [-0.15, -0.1) is 0 Å². The zero-order chi connectivity index (χ0) is 14.0. The average Bonchev–Trinajstić information content (AvgIpc) is 2.37. The highest BCUT2D eigenvalue weighted by atomic mass is 79.9. The van der Waals surface area contributed by atoms with E-state index in [2.05, 4.69) is 21.4 Å². The van der Waals surface area contributed by atoms with Crippen LogP contribution in [-0.2, 0) is 0 Å². The number of rotatable bonds is 3. The minimum absolute atomic E-state index is 0.365. The van der Waals surface area contributed by atoms with Gasteiger partial charge in [-0.2, -0.15) is 0 Å². The van der Waals surface area contributed by atoms with E-state index in [1.807, 2.05) is 25.1 Å². The molecule has 3 N–H and O–H groups in total. The molecule has 0 heterocycles. The number of aryl methyl sites for hydroxylation is 1. The predicted octanol–water partition coefficient (Wildman–Crippen LogP) is 4.10. The summed E-state index contributed by atoms with van der Waals surface area (Å²) in [6.07, 6.45) is 0. The van der Waals surface area contributed by atoms with Crippen LogP contribution in [-0.4, -0.2) is 0 Å². The molecule has 0 bridgehead atoms. The second-order valence-electron chi connectivity index (χ2n) is 4.27. The van der Waals surface area contributed by atoms with Crippen molar-refractivity contribution >= 4 is 27.5 Å². The first-order chi connectivity index (χ1) is 9.02. The van der Waals surface area contributed by atoms with Crippen LogP contribution in [0.1, 0.15) is 22.7 Å². The van der Waals surface area contributed by atoms with Crippen molar-refractivity contribution < 1.29 is 4.39 Å². The van der Waals surface area contributed by atoms with E-state index in [1.165, 1.54) is 6.07 Å². The molecule has 2 nitrogen and oxygen atoms in total. The van der Waals surface area contributed by atoms with Gasteiger partial charge in [-0.25, -0.2) is 9.82 Å². The molecule has 0 amide bonds. The molecule has 1 unspecified atom stereocenters. The van der Waals surface area contributed by atoms with Crippen molar-refractivity contribution in [3.05, 3.63) is 68.4 Å². The molecule has 5 heteroatoms. The zero-order valence-electron chi connectivity index (χ0n) is 10.3. The van der Waals surface area contributed by atoms with Crippen LogP contribution in [0.25, 0.3) is 0 Å². The molecule has 0 spiro atoms. The Balaban J connectivity index is 2.46. The standard InChI is InChI=1S/C14H13BrClFN2/c1-8-6-9(2-5-12(8)15)14(19-18)11-4-3-10(16)7-13(11)17/h2-7,14,19H,18H2,1H3. The summed E-state index contributed by atoms with van der Waals surface area (Å²) in [6.45, 7) is 1.97. The molecule has 2 rings (SSSR count). The summed E-state index contributed by atoms with van der Waals surface area (Å²) in [6, 6.07) is 9.94. The third-order valence-electron chi connectivity index (χ3n) is 2.96. The Labute approximate surface area is 124 Å². The molecule has 100 valence electrons. The summed E-state index contributed by atoms with van der Waals surface area (Å²) in [5, 5.41) is 0.365. The molecule has 0 saturated carbocycles. The van der Waals surface area contributed by atoms with Crippen LogP contribution >= 0.6 is 27.5 Å². The Kier molecular flexibility index (Phi) is 4.58. The van der Waals surface area contributed by atoms with Crippen LogP contribution in [0.5, 0.6) is 0 Å². The van der Waals surface area contributed by atoms with E-state index < -0.39 is 6.04 Å². The van der Waals surface area contributed by atoms with Crippen LogP contribution in [0, 0.1) is 12.7 Å². The van der Waals surface area contributed by atoms with Gasteiger partial charge in [0.1, 0.15) is 5.82 Å². The van der Waals surface area contributed by atoms with E-state index >= 15 is 0 Å². The van der Waals surface area contributed by atoms with Gasteiger partial charge in [0.2, 0.25) is 0 Å². The fraction of sp³-hybridized carbons (Fsp3) is 0.143. The molecule has 0 aliphatic heterocycles. The quantitative estimate of drug-likeness (QED) is 0.650. The van der Waals surface area contributed by atoms with E-state index in [0.717, 1.165) is 15.6 Å². The monoisotopic (exact) mass is 342 g/mol. The molecule has 2 aromatic rings. The average molecular weight is 344 g/mol. The zero-order valence-corrected chi connectivity index (χ0v) is 12.6. The molecular weight excluding hydrogens is 331 g/mol. The van der Waals surface area contributed by atoms with Crippen molar-refractivity contribution in [2.24, 2.45) is 5.84 Å². The number of nitrogens with one attached hydrogen (secondary N) is 1. The van der Waals surface area contributed by atoms with Gasteiger partial charge in [0.15, 0.2) is 0 Å². The lowest BCUT2D eigenvalue weighted by atomic mass is 9.97. The van der Waals surface area contributed by atoms with Crippen molar-refractivity contribution in [2.75, 3.05) is 0 Å². The van der Waals surface area contributed by atoms with Crippen molar-refractivity contribution in [3.8, 4) is 0 Å². The van der Waals surface area contributed by atoms with Crippen LogP contribution in [0.3, 0.4) is 0 Å². The van der Waals surface area contributed by atoms with Gasteiger partial charge in [0.25, 0.3) is 0 Å². The smallest absolute Gasteiger partial charge is 0.129 e. The fourth-order valence-electron chi connectivity index (χ4n) is 1.95. The van der Waals surface area contributed by atoms with Gasteiger partial charge < -0.3 is 0 Å². The lowest BCUT2D eigenvalue weighted by molar-refractivity contribution is 0.560. The number of hydrazine groups is 1. The third-order valence-corrected chi connectivity index (χ3v) is 4.08. The first-order valence-corrected chi connectivity index (χ1v) is 6.87. The molecule has 0 aliphatic carbocycles. The van der Waals surface area contributed by atoms with E-state index in [1.54, 1.807) is 12.1 Å². The maximum atomic E-state index is 14.0. The number of hydrogen-bond donors (Lipinski definition) is 2. The van der Waals surface area contributed by atoms with Gasteiger partial charge in [0.05, 0.1) is 6.04 Å². The summed E-state index contributed by atoms with van der Waals surface area (Å²) in [5.41, 5.74) is 5.06. The fourth-order valence-corrected chi connectivity index (χ4v) is 2.35. The topological polar surface area (TPSA) is 38.0 Å². The molecule has 0 aliphatic rings.